The van der Waals surface area contributed by atoms with E-state index in [1.165, 1.54) is 5.56 Å². The van der Waals surface area contributed by atoms with Gasteiger partial charge in [-0.15, -0.1) is 0 Å². The Kier molecular flexibility index (Phi) is 3.71. The SMILES string of the molecule is CC(C)c1ccc(C2(C(=O)NN)CCCC2)cc1. The summed E-state index contributed by atoms with van der Waals surface area (Å²) in [6.07, 6.45) is 3.99. The molecule has 0 saturated heterocycles. The predicted octanol–water partition coefficient (Wildman–Crippen LogP) is 2.61. The Morgan fingerprint density at radius 3 is 2.22 bits per heavy atom. The van der Waals surface area contributed by atoms with Gasteiger partial charge in [0, 0.05) is 0 Å². The summed E-state index contributed by atoms with van der Waals surface area (Å²) in [6, 6.07) is 8.44. The summed E-state index contributed by atoms with van der Waals surface area (Å²) >= 11 is 0. The molecule has 1 aromatic rings. The first-order chi connectivity index (χ1) is 8.60. The van der Waals surface area contributed by atoms with Crippen molar-refractivity contribution in [1.29, 1.82) is 0 Å². The highest BCUT2D eigenvalue weighted by atomic mass is 16.2. The van der Waals surface area contributed by atoms with Crippen molar-refractivity contribution < 1.29 is 4.79 Å². The first kappa shape index (κ1) is 13.1. The van der Waals surface area contributed by atoms with E-state index in [4.69, 9.17) is 5.84 Å². The van der Waals surface area contributed by atoms with Crippen molar-refractivity contribution in [1.82, 2.24) is 5.43 Å². The molecule has 2 rings (SSSR count). The number of carbonyl (C=O) groups is 1. The molecule has 0 bridgehead atoms. The van der Waals surface area contributed by atoms with E-state index in [1.807, 2.05) is 0 Å². The maximum Gasteiger partial charge on any atom is 0.244 e. The van der Waals surface area contributed by atoms with Gasteiger partial charge in [-0.05, 0) is 29.9 Å². The smallest absolute Gasteiger partial charge is 0.244 e. The fourth-order valence-electron chi connectivity index (χ4n) is 2.95. The molecular weight excluding hydrogens is 224 g/mol. The van der Waals surface area contributed by atoms with Crippen molar-refractivity contribution in [3.05, 3.63) is 35.4 Å². The number of hydrogen-bond donors (Lipinski definition) is 2. The number of rotatable bonds is 3. The van der Waals surface area contributed by atoms with E-state index in [9.17, 15) is 4.79 Å². The average molecular weight is 246 g/mol. The number of hydrogen-bond acceptors (Lipinski definition) is 2. The van der Waals surface area contributed by atoms with E-state index in [-0.39, 0.29) is 5.91 Å². The van der Waals surface area contributed by atoms with Gasteiger partial charge in [0.05, 0.1) is 5.41 Å². The minimum absolute atomic E-state index is 0.0442. The fourth-order valence-corrected chi connectivity index (χ4v) is 2.95. The predicted molar refractivity (Wildman–Crippen MR) is 73.0 cm³/mol. The van der Waals surface area contributed by atoms with E-state index >= 15 is 0 Å². The highest BCUT2D eigenvalue weighted by Crippen LogP contribution is 2.41. The molecule has 3 nitrogen and oxygen atoms in total. The molecular formula is C15H22N2O. The molecule has 3 N–H and O–H groups in total. The summed E-state index contributed by atoms with van der Waals surface area (Å²) < 4.78 is 0. The molecule has 1 fully saturated rings. The van der Waals surface area contributed by atoms with Crippen LogP contribution >= 0.6 is 0 Å². The first-order valence-corrected chi connectivity index (χ1v) is 6.71. The van der Waals surface area contributed by atoms with Gasteiger partial charge in [-0.2, -0.15) is 0 Å². The van der Waals surface area contributed by atoms with Gasteiger partial charge in [0.2, 0.25) is 5.91 Å². The topological polar surface area (TPSA) is 55.1 Å². The van der Waals surface area contributed by atoms with Gasteiger partial charge in [-0.25, -0.2) is 5.84 Å². The third kappa shape index (κ3) is 2.15. The first-order valence-electron chi connectivity index (χ1n) is 6.71. The number of carbonyl (C=O) groups excluding carboxylic acids is 1. The molecule has 0 heterocycles. The maximum absolute atomic E-state index is 12.1. The normalized spacial score (nSPS) is 18.0. The van der Waals surface area contributed by atoms with Gasteiger partial charge in [-0.1, -0.05) is 51.0 Å². The van der Waals surface area contributed by atoms with E-state index in [0.717, 1.165) is 31.2 Å². The second-order valence-corrected chi connectivity index (χ2v) is 5.54. The van der Waals surface area contributed by atoms with Crippen molar-refractivity contribution in [2.24, 2.45) is 5.84 Å². The van der Waals surface area contributed by atoms with Gasteiger partial charge in [0.1, 0.15) is 0 Å². The minimum atomic E-state index is -0.399. The number of benzene rings is 1. The zero-order valence-electron chi connectivity index (χ0n) is 11.2. The second-order valence-electron chi connectivity index (χ2n) is 5.54. The van der Waals surface area contributed by atoms with E-state index in [1.54, 1.807) is 0 Å². The minimum Gasteiger partial charge on any atom is -0.293 e. The quantitative estimate of drug-likeness (QED) is 0.489. The molecule has 0 spiro atoms. The summed E-state index contributed by atoms with van der Waals surface area (Å²) in [5.74, 6) is 5.82. The highest BCUT2D eigenvalue weighted by molar-refractivity contribution is 5.88. The third-order valence-electron chi connectivity index (χ3n) is 4.15. The van der Waals surface area contributed by atoms with Crippen LogP contribution in [0.15, 0.2) is 24.3 Å². The molecule has 1 amide bonds. The zero-order chi connectivity index (χ0) is 13.2. The summed E-state index contributed by atoms with van der Waals surface area (Å²) in [5, 5.41) is 0. The molecule has 1 aromatic carbocycles. The monoisotopic (exact) mass is 246 g/mol. The Bertz CT molecular complexity index is 417. The van der Waals surface area contributed by atoms with Crippen molar-refractivity contribution in [3.63, 3.8) is 0 Å². The van der Waals surface area contributed by atoms with E-state index < -0.39 is 5.41 Å². The molecule has 1 aliphatic carbocycles. The number of amides is 1. The lowest BCUT2D eigenvalue weighted by Crippen LogP contribution is -2.45. The van der Waals surface area contributed by atoms with Crippen LogP contribution in [0.4, 0.5) is 0 Å². The second kappa shape index (κ2) is 5.11. The van der Waals surface area contributed by atoms with Crippen LogP contribution < -0.4 is 11.3 Å². The molecule has 0 atom stereocenters. The molecule has 0 aromatic heterocycles. The van der Waals surface area contributed by atoms with Crippen molar-refractivity contribution in [2.45, 2.75) is 50.9 Å². The van der Waals surface area contributed by atoms with Crippen molar-refractivity contribution in [3.8, 4) is 0 Å². The Labute approximate surface area is 109 Å². The van der Waals surface area contributed by atoms with Gasteiger partial charge >= 0.3 is 0 Å². The molecule has 18 heavy (non-hydrogen) atoms. The average Bonchev–Trinajstić information content (AvgIpc) is 2.88. The van der Waals surface area contributed by atoms with Crippen LogP contribution in [0, 0.1) is 0 Å². The van der Waals surface area contributed by atoms with Crippen LogP contribution in [0.3, 0.4) is 0 Å². The Morgan fingerprint density at radius 1 is 1.22 bits per heavy atom. The standard InChI is InChI=1S/C15H22N2O/c1-11(2)12-5-7-13(8-6-12)15(14(18)17-16)9-3-4-10-15/h5-8,11H,3-4,9-10,16H2,1-2H3,(H,17,18). The molecule has 0 aliphatic heterocycles. The van der Waals surface area contributed by atoms with Gasteiger partial charge in [-0.3, -0.25) is 10.2 Å². The van der Waals surface area contributed by atoms with Crippen LogP contribution in [-0.4, -0.2) is 5.91 Å². The Hall–Kier alpha value is -1.35. The Balaban J connectivity index is 2.34. The highest BCUT2D eigenvalue weighted by Gasteiger charge is 2.42. The lowest BCUT2D eigenvalue weighted by atomic mass is 9.77. The van der Waals surface area contributed by atoms with Gasteiger partial charge < -0.3 is 0 Å². The summed E-state index contributed by atoms with van der Waals surface area (Å²) in [5.41, 5.74) is 4.36. The largest absolute Gasteiger partial charge is 0.293 e. The lowest BCUT2D eigenvalue weighted by Gasteiger charge is -2.27. The van der Waals surface area contributed by atoms with E-state index in [0.29, 0.717) is 5.92 Å². The zero-order valence-corrected chi connectivity index (χ0v) is 11.2. The molecule has 3 heteroatoms. The summed E-state index contributed by atoms with van der Waals surface area (Å²) in [7, 11) is 0. The lowest BCUT2D eigenvalue weighted by molar-refractivity contribution is -0.126. The molecule has 0 unspecified atom stereocenters. The summed E-state index contributed by atoms with van der Waals surface area (Å²) in [4.78, 5) is 12.1. The van der Waals surface area contributed by atoms with Crippen molar-refractivity contribution >= 4 is 5.91 Å². The molecule has 1 saturated carbocycles. The molecule has 1 aliphatic rings. The van der Waals surface area contributed by atoms with Crippen LogP contribution in [-0.2, 0) is 10.2 Å². The number of hydrazine groups is 1. The van der Waals surface area contributed by atoms with E-state index in [2.05, 4.69) is 43.5 Å². The molecule has 0 radical (unpaired) electrons. The third-order valence-corrected chi connectivity index (χ3v) is 4.15. The Morgan fingerprint density at radius 2 is 1.78 bits per heavy atom. The van der Waals surface area contributed by atoms with Gasteiger partial charge in [0.25, 0.3) is 0 Å². The van der Waals surface area contributed by atoms with Crippen LogP contribution in [0.5, 0.6) is 0 Å². The number of nitrogens with two attached hydrogens (primary N) is 1. The summed E-state index contributed by atoms with van der Waals surface area (Å²) in [6.45, 7) is 4.35. The van der Waals surface area contributed by atoms with Crippen molar-refractivity contribution in [2.75, 3.05) is 0 Å². The van der Waals surface area contributed by atoms with Crippen LogP contribution in [0.25, 0.3) is 0 Å². The number of nitrogens with one attached hydrogen (secondary N) is 1. The van der Waals surface area contributed by atoms with Gasteiger partial charge in [0.15, 0.2) is 0 Å². The maximum atomic E-state index is 12.1. The fraction of sp³-hybridized carbons (Fsp3) is 0.533. The van der Waals surface area contributed by atoms with Crippen LogP contribution in [0.2, 0.25) is 0 Å². The molecule has 98 valence electrons. The van der Waals surface area contributed by atoms with Crippen LogP contribution in [0.1, 0.15) is 56.6 Å².